The Hall–Kier alpha value is -0.720. The Morgan fingerprint density at radius 2 is 1.95 bits per heavy atom. The summed E-state index contributed by atoms with van der Waals surface area (Å²) in [7, 11) is -1.31. The lowest BCUT2D eigenvalue weighted by Gasteiger charge is -2.33. The average Bonchev–Trinajstić information content (AvgIpc) is 2.37. The Bertz CT molecular complexity index is 557. The average molecular weight is 390 g/mol. The monoisotopic (exact) mass is 389 g/mol. The number of rotatable bonds is 6. The van der Waals surface area contributed by atoms with Crippen LogP contribution in [0.1, 0.15) is 46.6 Å². The molecular weight excluding hydrogens is 366 g/mol. The summed E-state index contributed by atoms with van der Waals surface area (Å²) in [6, 6.07) is 7.64. The van der Waals surface area contributed by atoms with Crippen LogP contribution in [0, 0.1) is 0 Å². The first-order chi connectivity index (χ1) is 10.1. The van der Waals surface area contributed by atoms with Crippen LogP contribution in [0.3, 0.4) is 0 Å². The molecule has 0 heterocycles. The molecule has 0 radical (unpaired) electrons. The van der Waals surface area contributed by atoms with Crippen molar-refractivity contribution < 1.29 is 13.7 Å². The summed E-state index contributed by atoms with van der Waals surface area (Å²) in [5.74, 6) is -0.316. The van der Waals surface area contributed by atoms with Gasteiger partial charge in [-0.3, -0.25) is 4.79 Å². The molecule has 0 bridgehead atoms. The third-order valence-electron chi connectivity index (χ3n) is 3.14. The highest BCUT2D eigenvalue weighted by atomic mass is 79.9. The first kappa shape index (κ1) is 19.3. The van der Waals surface area contributed by atoms with Crippen LogP contribution < -0.4 is 4.72 Å². The molecule has 2 atom stereocenters. The molecule has 0 fully saturated rings. The van der Waals surface area contributed by atoms with Crippen LogP contribution in [0.2, 0.25) is 0 Å². The molecule has 2 unspecified atom stereocenters. The van der Waals surface area contributed by atoms with Crippen LogP contribution in [0.15, 0.2) is 28.7 Å². The van der Waals surface area contributed by atoms with Crippen LogP contribution in [-0.2, 0) is 26.1 Å². The summed E-state index contributed by atoms with van der Waals surface area (Å²) in [6.45, 7) is 9.64. The molecule has 6 heteroatoms. The maximum atomic E-state index is 12.5. The fourth-order valence-electron chi connectivity index (χ4n) is 1.89. The molecule has 0 amide bonds. The van der Waals surface area contributed by atoms with Crippen molar-refractivity contribution in [2.75, 3.05) is 6.61 Å². The van der Waals surface area contributed by atoms with E-state index >= 15 is 0 Å². The summed E-state index contributed by atoms with van der Waals surface area (Å²) < 4.78 is 21.2. The zero-order valence-electron chi connectivity index (χ0n) is 13.7. The zero-order chi connectivity index (χ0) is 17.0. The lowest BCUT2D eigenvalue weighted by molar-refractivity contribution is -0.144. The van der Waals surface area contributed by atoms with E-state index in [0.29, 0.717) is 6.61 Å². The third-order valence-corrected chi connectivity index (χ3v) is 5.38. The minimum absolute atomic E-state index is 0.110. The highest BCUT2D eigenvalue weighted by Gasteiger charge is 2.35. The molecule has 1 aromatic carbocycles. The van der Waals surface area contributed by atoms with Crippen LogP contribution >= 0.6 is 15.9 Å². The van der Waals surface area contributed by atoms with E-state index in [1.165, 1.54) is 0 Å². The second-order valence-electron chi connectivity index (χ2n) is 6.31. The second-order valence-corrected chi connectivity index (χ2v) is 9.19. The van der Waals surface area contributed by atoms with Gasteiger partial charge in [0, 0.05) is 4.47 Å². The Balaban J connectivity index is 3.14. The molecule has 124 valence electrons. The number of hydrogen-bond acceptors (Lipinski definition) is 3. The van der Waals surface area contributed by atoms with Crippen molar-refractivity contribution in [2.24, 2.45) is 0 Å². The molecule has 0 saturated carbocycles. The maximum Gasteiger partial charge on any atom is 0.308 e. The number of hydrogen-bond donors (Lipinski definition) is 1. The number of halogens is 1. The van der Waals surface area contributed by atoms with Crippen LogP contribution in [-0.4, -0.2) is 21.5 Å². The van der Waals surface area contributed by atoms with Crippen LogP contribution in [0.5, 0.6) is 0 Å². The molecule has 1 rings (SSSR count). The molecule has 4 nitrogen and oxygen atoms in total. The van der Waals surface area contributed by atoms with Crippen molar-refractivity contribution in [1.29, 1.82) is 0 Å². The standard InChI is InChI=1S/C16H24BrNO3S/c1-6-21-14(19)11-16(5,18-22(20)15(2,3)4)12-8-7-9-13(17)10-12/h7-10,18H,6,11H2,1-5H3. The minimum atomic E-state index is -1.31. The van der Waals surface area contributed by atoms with Gasteiger partial charge >= 0.3 is 5.97 Å². The zero-order valence-corrected chi connectivity index (χ0v) is 16.1. The molecule has 0 aliphatic carbocycles. The predicted octanol–water partition coefficient (Wildman–Crippen LogP) is 3.67. The number of benzene rings is 1. The molecule has 0 spiro atoms. The second kappa shape index (κ2) is 7.70. The number of carbonyl (C=O) groups is 1. The predicted molar refractivity (Wildman–Crippen MR) is 93.8 cm³/mol. The first-order valence-electron chi connectivity index (χ1n) is 7.20. The molecule has 0 saturated heterocycles. The van der Waals surface area contributed by atoms with Gasteiger partial charge in [-0.25, -0.2) is 8.93 Å². The lowest BCUT2D eigenvalue weighted by Crippen LogP contribution is -2.47. The minimum Gasteiger partial charge on any atom is -0.466 e. The molecular formula is C16H24BrNO3S. The van der Waals surface area contributed by atoms with E-state index in [0.717, 1.165) is 10.0 Å². The summed E-state index contributed by atoms with van der Waals surface area (Å²) in [4.78, 5) is 12.0. The van der Waals surface area contributed by atoms with Gasteiger partial charge in [0.15, 0.2) is 0 Å². The quantitative estimate of drug-likeness (QED) is 0.755. The number of carbonyl (C=O) groups excluding carboxylic acids is 1. The van der Waals surface area contributed by atoms with E-state index in [2.05, 4.69) is 20.7 Å². The summed E-state index contributed by atoms with van der Waals surface area (Å²) >= 11 is 3.44. The van der Waals surface area contributed by atoms with Crippen molar-refractivity contribution in [3.63, 3.8) is 0 Å². The SMILES string of the molecule is CCOC(=O)CC(C)(NS(=O)C(C)(C)C)c1cccc(Br)c1. The van der Waals surface area contributed by atoms with Crippen molar-refractivity contribution in [3.05, 3.63) is 34.3 Å². The van der Waals surface area contributed by atoms with Gasteiger partial charge in [-0.05, 0) is 52.3 Å². The van der Waals surface area contributed by atoms with Gasteiger partial charge in [0.05, 0.1) is 34.3 Å². The fourth-order valence-corrected chi connectivity index (χ4v) is 3.19. The van der Waals surface area contributed by atoms with Gasteiger partial charge in [0.25, 0.3) is 0 Å². The Morgan fingerprint density at radius 1 is 1.32 bits per heavy atom. The summed E-state index contributed by atoms with van der Waals surface area (Å²) in [5.41, 5.74) is 0.112. The molecule has 0 aliphatic heterocycles. The Kier molecular flexibility index (Phi) is 6.77. The summed E-state index contributed by atoms with van der Waals surface area (Å²) in [5, 5.41) is 0. The smallest absolute Gasteiger partial charge is 0.308 e. The summed E-state index contributed by atoms with van der Waals surface area (Å²) in [6.07, 6.45) is 0.110. The van der Waals surface area contributed by atoms with E-state index in [9.17, 15) is 9.00 Å². The fraction of sp³-hybridized carbons (Fsp3) is 0.562. The van der Waals surface area contributed by atoms with E-state index in [-0.39, 0.29) is 12.4 Å². The third kappa shape index (κ3) is 5.48. The molecule has 0 aliphatic rings. The van der Waals surface area contributed by atoms with E-state index in [1.807, 2.05) is 52.0 Å². The molecule has 22 heavy (non-hydrogen) atoms. The number of esters is 1. The molecule has 1 N–H and O–H groups in total. The highest BCUT2D eigenvalue weighted by molar-refractivity contribution is 9.10. The van der Waals surface area contributed by atoms with E-state index in [1.54, 1.807) is 6.92 Å². The molecule has 0 aromatic heterocycles. The van der Waals surface area contributed by atoms with Crippen LogP contribution in [0.25, 0.3) is 0 Å². The van der Waals surface area contributed by atoms with Gasteiger partial charge in [-0.15, -0.1) is 0 Å². The van der Waals surface area contributed by atoms with Gasteiger partial charge in [-0.1, -0.05) is 28.1 Å². The topological polar surface area (TPSA) is 55.4 Å². The van der Waals surface area contributed by atoms with Crippen molar-refractivity contribution in [1.82, 2.24) is 4.72 Å². The van der Waals surface area contributed by atoms with Crippen LogP contribution in [0.4, 0.5) is 0 Å². The van der Waals surface area contributed by atoms with E-state index in [4.69, 9.17) is 4.74 Å². The number of nitrogens with one attached hydrogen (secondary N) is 1. The Morgan fingerprint density at radius 3 is 2.45 bits per heavy atom. The van der Waals surface area contributed by atoms with Crippen molar-refractivity contribution in [2.45, 2.75) is 51.3 Å². The molecule has 1 aromatic rings. The maximum absolute atomic E-state index is 12.5. The normalized spacial score (nSPS) is 15.9. The lowest BCUT2D eigenvalue weighted by atomic mass is 9.90. The highest BCUT2D eigenvalue weighted by Crippen LogP contribution is 2.29. The first-order valence-corrected chi connectivity index (χ1v) is 9.14. The van der Waals surface area contributed by atoms with Gasteiger partial charge in [0.1, 0.15) is 0 Å². The van der Waals surface area contributed by atoms with Crippen molar-refractivity contribution in [3.8, 4) is 0 Å². The van der Waals surface area contributed by atoms with Gasteiger partial charge in [-0.2, -0.15) is 0 Å². The van der Waals surface area contributed by atoms with Crippen molar-refractivity contribution >= 4 is 32.9 Å². The Labute approximate surface area is 143 Å². The van der Waals surface area contributed by atoms with Gasteiger partial charge < -0.3 is 4.74 Å². The number of ether oxygens (including phenoxy) is 1. The van der Waals surface area contributed by atoms with E-state index < -0.39 is 21.3 Å². The largest absolute Gasteiger partial charge is 0.466 e. The van der Waals surface area contributed by atoms with Gasteiger partial charge in [0.2, 0.25) is 0 Å².